The van der Waals surface area contributed by atoms with E-state index in [9.17, 15) is 4.79 Å². The van der Waals surface area contributed by atoms with Gasteiger partial charge in [0.05, 0.1) is 0 Å². The lowest BCUT2D eigenvalue weighted by atomic mass is 9.65. The van der Waals surface area contributed by atoms with Crippen molar-refractivity contribution in [3.8, 4) is 0 Å². The van der Waals surface area contributed by atoms with Gasteiger partial charge in [0.15, 0.2) is 0 Å². The zero-order valence-corrected chi connectivity index (χ0v) is 13.1. The molecule has 4 aliphatic rings. The molecule has 22 heavy (non-hydrogen) atoms. The van der Waals surface area contributed by atoms with Crippen LogP contribution < -0.4 is 5.32 Å². The van der Waals surface area contributed by atoms with Crippen molar-refractivity contribution in [2.24, 2.45) is 17.8 Å². The molecule has 113 valence electrons. The minimum absolute atomic E-state index is 0. The van der Waals surface area contributed by atoms with Crippen LogP contribution in [0.25, 0.3) is 0 Å². The zero-order valence-electron chi connectivity index (χ0n) is 13.1. The maximum absolute atomic E-state index is 12.3. The van der Waals surface area contributed by atoms with Gasteiger partial charge in [0.1, 0.15) is 0 Å². The number of amides is 1. The second-order valence-corrected chi connectivity index (χ2v) is 6.95. The maximum Gasteiger partial charge on any atom is 0.248 e. The van der Waals surface area contributed by atoms with Crippen molar-refractivity contribution in [1.29, 1.82) is 0 Å². The SMILES string of the molecule is Cc1ccc(NC(=O)C=C2C3CC4CC2CN(C4)C3)cc1.[B]. The molecule has 2 unspecified atom stereocenters. The molecule has 3 heterocycles. The highest BCUT2D eigenvalue weighted by Gasteiger charge is 2.44. The Kier molecular flexibility index (Phi) is 4.13. The monoisotopic (exact) mass is 293 g/mol. The Morgan fingerprint density at radius 2 is 1.77 bits per heavy atom. The van der Waals surface area contributed by atoms with Crippen LogP contribution in [0, 0.1) is 24.7 Å². The number of aryl methyl sites for hydroxylation is 1. The van der Waals surface area contributed by atoms with Gasteiger partial charge >= 0.3 is 0 Å². The Hall–Kier alpha value is -1.55. The van der Waals surface area contributed by atoms with Gasteiger partial charge in [0, 0.05) is 39.8 Å². The highest BCUT2D eigenvalue weighted by atomic mass is 16.1. The van der Waals surface area contributed by atoms with E-state index in [2.05, 4.69) is 17.1 Å². The summed E-state index contributed by atoms with van der Waals surface area (Å²) >= 11 is 0. The number of nitrogens with one attached hydrogen (secondary N) is 1. The largest absolute Gasteiger partial charge is 0.323 e. The third-order valence-electron chi connectivity index (χ3n) is 5.27. The smallest absolute Gasteiger partial charge is 0.248 e. The van der Waals surface area contributed by atoms with E-state index in [0.717, 1.165) is 24.7 Å². The maximum atomic E-state index is 12.3. The minimum atomic E-state index is 0. The van der Waals surface area contributed by atoms with Gasteiger partial charge in [-0.2, -0.15) is 0 Å². The Balaban J connectivity index is 0.00000144. The second-order valence-electron chi connectivity index (χ2n) is 6.95. The van der Waals surface area contributed by atoms with Gasteiger partial charge in [-0.3, -0.25) is 4.79 Å². The van der Waals surface area contributed by atoms with E-state index in [4.69, 9.17) is 0 Å². The molecule has 4 fully saturated rings. The summed E-state index contributed by atoms with van der Waals surface area (Å²) in [7, 11) is 0. The molecule has 0 spiro atoms. The molecule has 5 rings (SSSR count). The van der Waals surface area contributed by atoms with Crippen LogP contribution in [0.15, 0.2) is 35.9 Å². The van der Waals surface area contributed by atoms with Gasteiger partial charge in [-0.1, -0.05) is 23.3 Å². The number of piperidine rings is 3. The summed E-state index contributed by atoms with van der Waals surface area (Å²) in [6.07, 6.45) is 4.47. The van der Waals surface area contributed by atoms with Crippen LogP contribution in [-0.2, 0) is 4.79 Å². The fourth-order valence-corrected chi connectivity index (χ4v) is 4.43. The zero-order chi connectivity index (χ0) is 14.4. The molecule has 4 bridgehead atoms. The number of nitrogens with zero attached hydrogens (tertiary/aromatic N) is 1. The van der Waals surface area contributed by atoms with Crippen LogP contribution in [0.2, 0.25) is 0 Å². The van der Waals surface area contributed by atoms with E-state index in [1.807, 2.05) is 30.3 Å². The van der Waals surface area contributed by atoms with Crippen molar-refractivity contribution < 1.29 is 4.79 Å². The predicted molar refractivity (Wildman–Crippen MR) is 89.8 cm³/mol. The van der Waals surface area contributed by atoms with Crippen LogP contribution in [0.5, 0.6) is 0 Å². The molecule has 3 radical (unpaired) electrons. The van der Waals surface area contributed by atoms with Gasteiger partial charge in [-0.25, -0.2) is 0 Å². The lowest BCUT2D eigenvalue weighted by molar-refractivity contribution is -0.112. The molecule has 3 saturated heterocycles. The van der Waals surface area contributed by atoms with Crippen molar-refractivity contribution in [2.45, 2.75) is 19.8 Å². The van der Waals surface area contributed by atoms with Gasteiger partial charge in [-0.05, 0) is 49.7 Å². The first kappa shape index (κ1) is 15.4. The lowest BCUT2D eigenvalue weighted by Gasteiger charge is -2.53. The van der Waals surface area contributed by atoms with Crippen LogP contribution in [0.3, 0.4) is 0 Å². The third-order valence-corrected chi connectivity index (χ3v) is 5.27. The van der Waals surface area contributed by atoms with Gasteiger partial charge < -0.3 is 10.2 Å². The summed E-state index contributed by atoms with van der Waals surface area (Å²) < 4.78 is 0. The minimum Gasteiger partial charge on any atom is -0.323 e. The molecule has 0 aromatic heterocycles. The Bertz CT molecular complexity index is 564. The van der Waals surface area contributed by atoms with E-state index in [1.165, 1.54) is 30.5 Å². The normalized spacial score (nSPS) is 31.6. The van der Waals surface area contributed by atoms with Gasteiger partial charge in [0.25, 0.3) is 0 Å². The van der Waals surface area contributed by atoms with E-state index in [0.29, 0.717) is 11.8 Å². The highest BCUT2D eigenvalue weighted by molar-refractivity contribution is 5.99. The van der Waals surface area contributed by atoms with Crippen LogP contribution in [-0.4, -0.2) is 38.9 Å². The summed E-state index contributed by atoms with van der Waals surface area (Å²) in [6, 6.07) is 7.99. The third kappa shape index (κ3) is 2.85. The molecule has 2 atom stereocenters. The lowest BCUT2D eigenvalue weighted by Crippen LogP contribution is -2.54. The molecule has 4 heteroatoms. The summed E-state index contributed by atoms with van der Waals surface area (Å²) in [4.78, 5) is 14.9. The Morgan fingerprint density at radius 1 is 1.14 bits per heavy atom. The summed E-state index contributed by atoms with van der Waals surface area (Å²) in [5, 5.41) is 3.00. The van der Waals surface area contributed by atoms with Crippen LogP contribution in [0.4, 0.5) is 5.69 Å². The number of benzene rings is 1. The molecule has 3 nitrogen and oxygen atoms in total. The molecule has 3 aliphatic heterocycles. The molecular formula is C18H22BN2O. The van der Waals surface area contributed by atoms with Crippen LogP contribution >= 0.6 is 0 Å². The standard InChI is InChI=1S/C18H22N2O.B/c1-12-2-4-16(5-3-12)19-18(21)8-17-14-6-13-7-15(17)11-20(9-13)10-14;/h2-5,8,13-15H,6-7,9-11H2,1H3,(H,19,21);. The number of rotatable bonds is 2. The van der Waals surface area contributed by atoms with E-state index >= 15 is 0 Å². The quantitative estimate of drug-likeness (QED) is 0.671. The van der Waals surface area contributed by atoms with Crippen molar-refractivity contribution in [3.63, 3.8) is 0 Å². The van der Waals surface area contributed by atoms with Crippen molar-refractivity contribution >= 4 is 20.0 Å². The first-order chi connectivity index (χ1) is 10.2. The first-order valence-corrected chi connectivity index (χ1v) is 7.99. The van der Waals surface area contributed by atoms with E-state index in [-0.39, 0.29) is 14.3 Å². The first-order valence-electron chi connectivity index (χ1n) is 7.99. The van der Waals surface area contributed by atoms with Gasteiger partial charge in [-0.15, -0.1) is 0 Å². The van der Waals surface area contributed by atoms with Crippen LogP contribution in [0.1, 0.15) is 18.4 Å². The Morgan fingerprint density at radius 3 is 2.36 bits per heavy atom. The van der Waals surface area contributed by atoms with Crippen molar-refractivity contribution in [1.82, 2.24) is 4.90 Å². The number of anilines is 1. The predicted octanol–water partition coefficient (Wildman–Crippen LogP) is 2.45. The van der Waals surface area contributed by atoms with E-state index in [1.54, 1.807) is 0 Å². The fourth-order valence-electron chi connectivity index (χ4n) is 4.43. The molecule has 1 aromatic rings. The fraction of sp³-hybridized carbons (Fsp3) is 0.500. The number of hydrogen-bond acceptors (Lipinski definition) is 2. The Labute approximate surface area is 134 Å². The number of carbonyl (C=O) groups excluding carboxylic acids is 1. The molecule has 1 aliphatic carbocycles. The number of carbonyl (C=O) groups is 1. The molecule has 1 saturated carbocycles. The second kappa shape index (κ2) is 5.92. The molecule has 1 aromatic carbocycles. The van der Waals surface area contributed by atoms with E-state index < -0.39 is 0 Å². The number of hydrogen-bond donors (Lipinski definition) is 1. The average Bonchev–Trinajstić information content (AvgIpc) is 2.45. The summed E-state index contributed by atoms with van der Waals surface area (Å²) in [5.74, 6) is 2.16. The topological polar surface area (TPSA) is 32.3 Å². The average molecular weight is 293 g/mol. The van der Waals surface area contributed by atoms with Crippen molar-refractivity contribution in [2.75, 3.05) is 25.0 Å². The molecule has 1 N–H and O–H groups in total. The summed E-state index contributed by atoms with van der Waals surface area (Å²) in [6.45, 7) is 5.67. The van der Waals surface area contributed by atoms with Crippen molar-refractivity contribution in [3.05, 3.63) is 41.5 Å². The highest BCUT2D eigenvalue weighted by Crippen LogP contribution is 2.46. The van der Waals surface area contributed by atoms with Gasteiger partial charge in [0.2, 0.25) is 5.91 Å². The molecular weight excluding hydrogens is 271 g/mol. The molecule has 1 amide bonds. The summed E-state index contributed by atoms with van der Waals surface area (Å²) in [5.41, 5.74) is 3.50.